The summed E-state index contributed by atoms with van der Waals surface area (Å²) in [6.45, 7) is 1.40. The van der Waals surface area contributed by atoms with Crippen LogP contribution in [-0.2, 0) is 9.15 Å². The van der Waals surface area contributed by atoms with Crippen molar-refractivity contribution in [2.24, 2.45) is 0 Å². The Morgan fingerprint density at radius 1 is 1.69 bits per heavy atom. The molecule has 0 spiro atoms. The number of hydrogen-bond acceptors (Lipinski definition) is 5. The van der Waals surface area contributed by atoms with Crippen LogP contribution < -0.4 is 5.73 Å². The molecular formula is C5H6N3O3S2+. The highest BCUT2D eigenvalue weighted by atomic mass is 33.2. The number of thiazole rings is 1. The van der Waals surface area contributed by atoms with Crippen molar-refractivity contribution in [3.8, 4) is 6.07 Å². The lowest BCUT2D eigenvalue weighted by atomic mass is 10.5. The van der Waals surface area contributed by atoms with E-state index < -0.39 is 18.7 Å². The highest BCUT2D eigenvalue weighted by molar-refractivity contribution is 8.36. The average molecular weight is 220 g/mol. The molecule has 0 amide bonds. The molecule has 0 aliphatic heterocycles. The topological polar surface area (TPSA) is 117 Å². The van der Waals surface area contributed by atoms with Crippen molar-refractivity contribution in [1.29, 1.82) is 5.26 Å². The molecule has 70 valence electrons. The first-order chi connectivity index (χ1) is 5.88. The molecule has 0 fully saturated rings. The summed E-state index contributed by atoms with van der Waals surface area (Å²) in [5.41, 5.74) is 5.27. The van der Waals surface area contributed by atoms with Crippen LogP contribution in [0.25, 0.3) is 0 Å². The van der Waals surface area contributed by atoms with Crippen LogP contribution >= 0.6 is 9.50 Å². The van der Waals surface area contributed by atoms with Gasteiger partial charge in [-0.05, 0) is 0 Å². The van der Waals surface area contributed by atoms with E-state index in [-0.39, 0.29) is 15.7 Å². The number of nitriles is 1. The molecule has 0 saturated heterocycles. The van der Waals surface area contributed by atoms with E-state index in [0.717, 1.165) is 0 Å². The van der Waals surface area contributed by atoms with Crippen molar-refractivity contribution in [1.82, 2.24) is 4.98 Å². The first kappa shape index (κ1) is 9.91. The van der Waals surface area contributed by atoms with Crippen molar-refractivity contribution in [2.75, 3.05) is 5.73 Å². The maximum absolute atomic E-state index is 10.8. The van der Waals surface area contributed by atoms with Crippen molar-refractivity contribution in [3.63, 3.8) is 0 Å². The molecule has 0 radical (unpaired) electrons. The monoisotopic (exact) mass is 220 g/mol. The van der Waals surface area contributed by atoms with Gasteiger partial charge in [0.1, 0.15) is 0 Å². The van der Waals surface area contributed by atoms with Gasteiger partial charge in [-0.3, -0.25) is 0 Å². The van der Waals surface area contributed by atoms with Gasteiger partial charge < -0.3 is 5.73 Å². The lowest BCUT2D eigenvalue weighted by Crippen LogP contribution is -1.93. The molecule has 1 aromatic heterocycles. The van der Waals surface area contributed by atoms with Crippen LogP contribution in [0.3, 0.4) is 0 Å². The van der Waals surface area contributed by atoms with Gasteiger partial charge in [-0.15, -0.1) is 8.42 Å². The maximum Gasteiger partial charge on any atom is 0.475 e. The van der Waals surface area contributed by atoms with Gasteiger partial charge >= 0.3 is 14.0 Å². The smallest absolute Gasteiger partial charge is 0.378 e. The Morgan fingerprint density at radius 2 is 2.23 bits per heavy atom. The van der Waals surface area contributed by atoms with Crippen LogP contribution in [-0.4, -0.2) is 18.0 Å². The van der Waals surface area contributed by atoms with Crippen LogP contribution in [0.4, 0.5) is 5.82 Å². The molecule has 0 aliphatic rings. The average Bonchev–Trinajstić information content (AvgIpc) is 2.23. The van der Waals surface area contributed by atoms with Crippen LogP contribution in [0.2, 0.25) is 0 Å². The summed E-state index contributed by atoms with van der Waals surface area (Å²) in [5.74, 6) is -0.138. The third-order valence-corrected chi connectivity index (χ3v) is 5.48. The predicted molar refractivity (Wildman–Crippen MR) is 47.5 cm³/mol. The number of anilines is 1. The zero-order valence-electron chi connectivity index (χ0n) is 6.55. The van der Waals surface area contributed by atoms with Crippen LogP contribution in [0, 0.1) is 18.3 Å². The van der Waals surface area contributed by atoms with Gasteiger partial charge in [0.2, 0.25) is 5.82 Å². The third-order valence-electron chi connectivity index (χ3n) is 1.28. The summed E-state index contributed by atoms with van der Waals surface area (Å²) >= 11 is 0. The van der Waals surface area contributed by atoms with Gasteiger partial charge in [0.05, 0.1) is 0 Å². The number of nitrogens with zero attached hydrogens (tertiary/aromatic N) is 2. The Kier molecular flexibility index (Phi) is 2.25. The molecule has 0 saturated carbocycles. The molecule has 0 aromatic carbocycles. The quantitative estimate of drug-likeness (QED) is 0.398. The molecule has 13 heavy (non-hydrogen) atoms. The molecule has 1 unspecified atom stereocenters. The fourth-order valence-electron chi connectivity index (χ4n) is 0.861. The Morgan fingerprint density at radius 3 is 2.54 bits per heavy atom. The van der Waals surface area contributed by atoms with E-state index >= 15 is 0 Å². The van der Waals surface area contributed by atoms with Gasteiger partial charge in [-0.2, -0.15) is 10.2 Å². The fourth-order valence-corrected chi connectivity index (χ4v) is 4.20. The summed E-state index contributed by atoms with van der Waals surface area (Å²) in [4.78, 5) is 3.42. The molecule has 1 rings (SSSR count). The lowest BCUT2D eigenvalue weighted by molar-refractivity contribution is 0.502. The lowest BCUT2D eigenvalue weighted by Gasteiger charge is -1.82. The minimum absolute atomic E-state index is 0.136. The fraction of sp³-hybridized carbons (Fsp3) is 0.200. The Bertz CT molecular complexity index is 482. The SMILES string of the molecule is Cc1nc(N)c(C#N)[s+]1S(=O)(=O)O. The van der Waals surface area contributed by atoms with Gasteiger partial charge in [0, 0.05) is 6.92 Å². The number of aryl methyl sites for hydroxylation is 1. The molecule has 1 aromatic rings. The van der Waals surface area contributed by atoms with Gasteiger partial charge in [-0.25, -0.2) is 4.55 Å². The summed E-state index contributed by atoms with van der Waals surface area (Å²) in [7, 11) is -6.00. The van der Waals surface area contributed by atoms with E-state index in [1.807, 2.05) is 0 Å². The standard InChI is InChI=1S/C5H5N3O3S2/c1-3-8-5(7)4(2-6)12(3)13(9,10)11/h7H2,1H3/p+1. The zero-order valence-corrected chi connectivity index (χ0v) is 8.18. The van der Waals surface area contributed by atoms with E-state index in [9.17, 15) is 8.42 Å². The van der Waals surface area contributed by atoms with Crippen molar-refractivity contribution < 1.29 is 13.0 Å². The minimum Gasteiger partial charge on any atom is -0.378 e. The van der Waals surface area contributed by atoms with Crippen LogP contribution in [0.1, 0.15) is 9.88 Å². The number of rotatable bonds is 1. The summed E-state index contributed by atoms with van der Waals surface area (Å²) in [6.07, 6.45) is 0. The molecule has 8 heteroatoms. The van der Waals surface area contributed by atoms with E-state index in [4.69, 9.17) is 15.5 Å². The molecule has 1 atom stereocenters. The molecule has 1 heterocycles. The van der Waals surface area contributed by atoms with Gasteiger partial charge in [0.25, 0.3) is 5.01 Å². The van der Waals surface area contributed by atoms with Crippen molar-refractivity contribution in [2.45, 2.75) is 6.92 Å². The molecule has 0 aliphatic carbocycles. The van der Waals surface area contributed by atoms with Crippen molar-refractivity contribution >= 4 is 24.5 Å². The number of hydrogen-bond donors (Lipinski definition) is 2. The third kappa shape index (κ3) is 1.62. The second-order valence-electron chi connectivity index (χ2n) is 2.15. The van der Waals surface area contributed by atoms with Crippen molar-refractivity contribution in [3.05, 3.63) is 9.88 Å². The van der Waals surface area contributed by atoms with E-state index in [1.54, 1.807) is 6.07 Å². The predicted octanol–water partition coefficient (Wildman–Crippen LogP) is 0.244. The Balaban J connectivity index is 3.65. The molecule has 6 nitrogen and oxygen atoms in total. The Hall–Kier alpha value is -1.17. The van der Waals surface area contributed by atoms with E-state index in [0.29, 0.717) is 0 Å². The Labute approximate surface area is 76.8 Å². The zero-order chi connectivity index (χ0) is 10.2. The highest BCUT2D eigenvalue weighted by Gasteiger charge is 2.35. The summed E-state index contributed by atoms with van der Waals surface area (Å²) in [6, 6.07) is 1.61. The summed E-state index contributed by atoms with van der Waals surface area (Å²) < 4.78 is 30.4. The van der Waals surface area contributed by atoms with Crippen LogP contribution in [0.5, 0.6) is 0 Å². The summed E-state index contributed by atoms with van der Waals surface area (Å²) in [5, 5.41) is 8.69. The van der Waals surface area contributed by atoms with E-state index in [2.05, 4.69) is 4.98 Å². The first-order valence-corrected chi connectivity index (χ1v) is 6.23. The minimum atomic E-state index is -4.31. The number of nitrogen functional groups attached to an aromatic ring is 1. The largest absolute Gasteiger partial charge is 0.475 e. The normalized spacial score (nSPS) is 12.5. The highest BCUT2D eigenvalue weighted by Crippen LogP contribution is 2.36. The maximum atomic E-state index is 10.8. The van der Waals surface area contributed by atoms with Crippen LogP contribution in [0.15, 0.2) is 0 Å². The second kappa shape index (κ2) is 2.95. The van der Waals surface area contributed by atoms with Gasteiger partial charge in [-0.1, -0.05) is 0 Å². The molecule has 0 bridgehead atoms. The first-order valence-electron chi connectivity index (χ1n) is 3.05. The number of nitrogens with two attached hydrogens (primary N) is 1. The molecule has 3 N–H and O–H groups in total. The van der Waals surface area contributed by atoms with Gasteiger partial charge in [0.15, 0.2) is 15.6 Å². The second-order valence-corrected chi connectivity index (χ2v) is 6.81. The molecular weight excluding hydrogens is 214 g/mol. The number of aromatic nitrogens is 1. The van der Waals surface area contributed by atoms with E-state index in [1.165, 1.54) is 6.92 Å².